The lowest BCUT2D eigenvalue weighted by atomic mass is 10.1. The highest BCUT2D eigenvalue weighted by atomic mass is 27.2. The van der Waals surface area contributed by atoms with Gasteiger partial charge in [-0.25, -0.2) is 0 Å². The topological polar surface area (TPSA) is 18.5 Å². The fourth-order valence-corrected chi connectivity index (χ4v) is 3.83. The second-order valence-corrected chi connectivity index (χ2v) is 6.71. The highest BCUT2D eigenvalue weighted by Gasteiger charge is 2.22. The van der Waals surface area contributed by atoms with Gasteiger partial charge in [-0.2, -0.15) is 0 Å². The van der Waals surface area contributed by atoms with Crippen LogP contribution in [0.3, 0.4) is 0 Å². The second-order valence-electron chi connectivity index (χ2n) is 4.60. The predicted octanol–water partition coefficient (Wildman–Crippen LogP) is 4.69. The van der Waals surface area contributed by atoms with Crippen LogP contribution in [0.2, 0.25) is 5.28 Å². The predicted molar refractivity (Wildman–Crippen MR) is 76.4 cm³/mol. The van der Waals surface area contributed by atoms with Crippen molar-refractivity contribution in [1.29, 1.82) is 0 Å². The summed E-state index contributed by atoms with van der Waals surface area (Å²) >= 11 is -1.30. The third kappa shape index (κ3) is 12.7. The molecule has 0 atom stereocenters. The standard InChI is InChI=1S/C10H21.2C2H5O.Al/c1-3-5-7-9-10-8-6-4-2;2*1-2-3;/h1,3-10H2,2H3;2*2H2,1H3;/q;2*-1;+2. The smallest absolute Gasteiger partial charge is 0.479 e. The van der Waals surface area contributed by atoms with E-state index in [4.69, 9.17) is 7.58 Å². The van der Waals surface area contributed by atoms with Crippen LogP contribution in [-0.4, -0.2) is 28.0 Å². The Bertz CT molecular complexity index is 136. The highest BCUT2D eigenvalue weighted by Crippen LogP contribution is 2.11. The molecule has 0 N–H and O–H groups in total. The molecule has 0 aliphatic carbocycles. The Hall–Kier alpha value is 0.452. The van der Waals surface area contributed by atoms with Gasteiger partial charge in [-0.3, -0.25) is 0 Å². The Balaban J connectivity index is 3.23. The van der Waals surface area contributed by atoms with Gasteiger partial charge in [-0.15, -0.1) is 0 Å². The molecule has 0 rings (SSSR count). The Labute approximate surface area is 113 Å². The van der Waals surface area contributed by atoms with E-state index in [1.165, 1.54) is 56.6 Å². The zero-order chi connectivity index (χ0) is 12.8. The Morgan fingerprint density at radius 1 is 0.647 bits per heavy atom. The van der Waals surface area contributed by atoms with Gasteiger partial charge < -0.3 is 7.58 Å². The van der Waals surface area contributed by atoms with E-state index in [1.807, 2.05) is 0 Å². The molecule has 3 heteroatoms. The van der Waals surface area contributed by atoms with E-state index in [1.54, 1.807) is 0 Å². The van der Waals surface area contributed by atoms with Gasteiger partial charge in [0.2, 0.25) is 0 Å². The molecule has 0 aliphatic heterocycles. The zero-order valence-electron chi connectivity index (χ0n) is 12.2. The average Bonchev–Trinajstić information content (AvgIpc) is 2.33. The van der Waals surface area contributed by atoms with Crippen molar-refractivity contribution in [1.82, 2.24) is 0 Å². The van der Waals surface area contributed by atoms with Gasteiger partial charge in [0.1, 0.15) is 0 Å². The molecular weight excluding hydrogens is 227 g/mol. The van der Waals surface area contributed by atoms with Crippen LogP contribution in [-0.2, 0) is 7.58 Å². The van der Waals surface area contributed by atoms with Crippen LogP contribution < -0.4 is 0 Å². The van der Waals surface area contributed by atoms with Gasteiger partial charge in [0.25, 0.3) is 0 Å². The van der Waals surface area contributed by atoms with Gasteiger partial charge in [-0.1, -0.05) is 58.3 Å². The van der Waals surface area contributed by atoms with E-state index >= 15 is 0 Å². The lowest BCUT2D eigenvalue weighted by Gasteiger charge is -2.10. The molecule has 0 heterocycles. The maximum atomic E-state index is 5.66. The first-order chi connectivity index (χ1) is 8.35. The molecule has 0 unspecified atom stereocenters. The molecule has 0 aliphatic rings. The summed E-state index contributed by atoms with van der Waals surface area (Å²) in [7, 11) is 0. The normalized spacial score (nSPS) is 10.8. The van der Waals surface area contributed by atoms with Crippen LogP contribution in [0.25, 0.3) is 0 Å². The van der Waals surface area contributed by atoms with Crippen molar-refractivity contribution < 1.29 is 7.58 Å². The van der Waals surface area contributed by atoms with Crippen LogP contribution >= 0.6 is 0 Å². The molecule has 0 bridgehead atoms. The molecule has 0 fully saturated rings. The zero-order valence-corrected chi connectivity index (χ0v) is 13.3. The summed E-state index contributed by atoms with van der Waals surface area (Å²) in [5, 5.41) is 1.19. The van der Waals surface area contributed by atoms with Crippen LogP contribution in [0.1, 0.15) is 72.1 Å². The number of hydrogen-bond acceptors (Lipinski definition) is 2. The largest absolute Gasteiger partial charge is 0.674 e. The number of rotatable bonds is 13. The maximum absolute atomic E-state index is 5.66. The fraction of sp³-hybridized carbons (Fsp3) is 1.00. The number of unbranched alkanes of at least 4 members (excludes halogenated alkanes) is 7. The fourth-order valence-electron chi connectivity index (χ4n) is 2.03. The molecule has 0 amide bonds. The van der Waals surface area contributed by atoms with Crippen LogP contribution in [0.5, 0.6) is 0 Å². The van der Waals surface area contributed by atoms with Gasteiger partial charge in [-0.05, 0) is 19.1 Å². The Kier molecular flexibility index (Phi) is 14.9. The molecule has 0 aromatic heterocycles. The first-order valence-corrected chi connectivity index (χ1v) is 9.34. The van der Waals surface area contributed by atoms with Crippen molar-refractivity contribution in [3.63, 3.8) is 0 Å². The first-order valence-electron chi connectivity index (χ1n) is 7.58. The van der Waals surface area contributed by atoms with Gasteiger partial charge >= 0.3 is 14.8 Å². The molecule has 2 nitrogen and oxygen atoms in total. The summed E-state index contributed by atoms with van der Waals surface area (Å²) in [4.78, 5) is 0. The number of hydrogen-bond donors (Lipinski definition) is 0. The summed E-state index contributed by atoms with van der Waals surface area (Å²) in [6, 6.07) is 0. The van der Waals surface area contributed by atoms with Crippen molar-refractivity contribution in [2.45, 2.75) is 77.4 Å². The summed E-state index contributed by atoms with van der Waals surface area (Å²) in [5.74, 6) is 0. The van der Waals surface area contributed by atoms with Gasteiger partial charge in [0, 0.05) is 13.2 Å². The van der Waals surface area contributed by atoms with Gasteiger partial charge in [0.15, 0.2) is 0 Å². The molecule has 0 saturated carbocycles. The summed E-state index contributed by atoms with van der Waals surface area (Å²) < 4.78 is 11.3. The molecule has 0 aromatic rings. The summed E-state index contributed by atoms with van der Waals surface area (Å²) in [5.41, 5.74) is 0. The molecule has 0 radical (unpaired) electrons. The van der Waals surface area contributed by atoms with Crippen molar-refractivity contribution in [3.8, 4) is 0 Å². The summed E-state index contributed by atoms with van der Waals surface area (Å²) in [6.45, 7) is 8.02. The highest BCUT2D eigenvalue weighted by molar-refractivity contribution is 6.44. The molecule has 102 valence electrons. The van der Waals surface area contributed by atoms with E-state index < -0.39 is 14.8 Å². The van der Waals surface area contributed by atoms with E-state index in [0.717, 1.165) is 13.2 Å². The van der Waals surface area contributed by atoms with E-state index in [0.29, 0.717) is 0 Å². The van der Waals surface area contributed by atoms with Crippen LogP contribution in [0.15, 0.2) is 0 Å². The molecule has 17 heavy (non-hydrogen) atoms. The van der Waals surface area contributed by atoms with E-state index in [-0.39, 0.29) is 0 Å². The third-order valence-corrected chi connectivity index (χ3v) is 5.29. The molecule has 0 spiro atoms. The maximum Gasteiger partial charge on any atom is 0.674 e. The molecule has 0 saturated heterocycles. The SMILES string of the molecule is CCCCCCCCC[CH2][Al]([O]CC)[O]CC. The third-order valence-electron chi connectivity index (χ3n) is 3.00. The quantitative estimate of drug-likeness (QED) is 0.352. The van der Waals surface area contributed by atoms with Crippen molar-refractivity contribution >= 4 is 14.8 Å². The lowest BCUT2D eigenvalue weighted by molar-refractivity contribution is 0.212. The Morgan fingerprint density at radius 3 is 1.59 bits per heavy atom. The average molecular weight is 258 g/mol. The minimum atomic E-state index is -1.30. The van der Waals surface area contributed by atoms with Crippen LogP contribution in [0, 0.1) is 0 Å². The Morgan fingerprint density at radius 2 is 1.12 bits per heavy atom. The minimum absolute atomic E-state index is 0.813. The van der Waals surface area contributed by atoms with Crippen molar-refractivity contribution in [2.24, 2.45) is 0 Å². The van der Waals surface area contributed by atoms with E-state index in [9.17, 15) is 0 Å². The van der Waals surface area contributed by atoms with Gasteiger partial charge in [0.05, 0.1) is 0 Å². The van der Waals surface area contributed by atoms with Crippen LogP contribution in [0.4, 0.5) is 0 Å². The monoisotopic (exact) mass is 258 g/mol. The molecule has 0 aromatic carbocycles. The van der Waals surface area contributed by atoms with Crippen molar-refractivity contribution in [2.75, 3.05) is 13.2 Å². The first kappa shape index (κ1) is 17.5. The van der Waals surface area contributed by atoms with E-state index in [2.05, 4.69) is 20.8 Å². The summed E-state index contributed by atoms with van der Waals surface area (Å²) in [6.07, 6.45) is 11.1. The lowest BCUT2D eigenvalue weighted by Crippen LogP contribution is -2.22. The van der Waals surface area contributed by atoms with Crippen molar-refractivity contribution in [3.05, 3.63) is 0 Å². The minimum Gasteiger partial charge on any atom is -0.479 e. The second kappa shape index (κ2) is 14.5. The molecular formula is C14H31AlO2.